The van der Waals surface area contributed by atoms with Crippen LogP contribution >= 0.6 is 11.6 Å². The van der Waals surface area contributed by atoms with E-state index in [4.69, 9.17) is 16.7 Å². The molecule has 1 N–H and O–H groups in total. The summed E-state index contributed by atoms with van der Waals surface area (Å²) in [6, 6.07) is 8.83. The molecule has 0 aliphatic rings. The maximum absolute atomic E-state index is 11.0. The molecule has 2 aromatic rings. The first-order valence-corrected chi connectivity index (χ1v) is 5.45. The van der Waals surface area contributed by atoms with E-state index in [0.717, 1.165) is 5.56 Å². The molecule has 0 amide bonds. The predicted molar refractivity (Wildman–Crippen MR) is 65.5 cm³/mol. The molecule has 1 aromatic heterocycles. The van der Waals surface area contributed by atoms with Crippen molar-refractivity contribution in [1.29, 1.82) is 0 Å². The van der Waals surface area contributed by atoms with Gasteiger partial charge >= 0.3 is 5.97 Å². The van der Waals surface area contributed by atoms with Gasteiger partial charge in [0.05, 0.1) is 5.56 Å². The largest absolute Gasteiger partial charge is 0.478 e. The number of pyridine rings is 1. The van der Waals surface area contributed by atoms with Crippen LogP contribution in [0.3, 0.4) is 0 Å². The van der Waals surface area contributed by atoms with Gasteiger partial charge in [-0.05, 0) is 35.7 Å². The van der Waals surface area contributed by atoms with Gasteiger partial charge in [-0.2, -0.15) is 0 Å². The summed E-state index contributed by atoms with van der Waals surface area (Å²) in [5, 5.41) is 9.70. The van der Waals surface area contributed by atoms with Crippen LogP contribution in [-0.4, -0.2) is 16.1 Å². The standard InChI is InChI=1S/C13H10ClNO2/c14-11-3-1-9(2-4-11)7-10-8-15-6-5-12(10)13(16)17/h1-6,8H,7H2,(H,16,17). The smallest absolute Gasteiger partial charge is 0.336 e. The van der Waals surface area contributed by atoms with Crippen LogP contribution in [0.2, 0.25) is 5.02 Å². The van der Waals surface area contributed by atoms with E-state index in [-0.39, 0.29) is 5.56 Å². The zero-order valence-corrected chi connectivity index (χ0v) is 9.69. The van der Waals surface area contributed by atoms with Crippen LogP contribution < -0.4 is 0 Å². The molecule has 0 fully saturated rings. The number of nitrogens with zero attached hydrogens (tertiary/aromatic N) is 1. The molecule has 1 aromatic carbocycles. The molecule has 0 bridgehead atoms. The predicted octanol–water partition coefficient (Wildman–Crippen LogP) is 3.02. The van der Waals surface area contributed by atoms with Gasteiger partial charge in [-0.3, -0.25) is 4.98 Å². The van der Waals surface area contributed by atoms with Gasteiger partial charge in [-0.15, -0.1) is 0 Å². The Kier molecular flexibility index (Phi) is 3.40. The fourth-order valence-electron chi connectivity index (χ4n) is 1.60. The van der Waals surface area contributed by atoms with E-state index in [1.165, 1.54) is 12.3 Å². The fourth-order valence-corrected chi connectivity index (χ4v) is 1.72. The molecule has 17 heavy (non-hydrogen) atoms. The van der Waals surface area contributed by atoms with Crippen molar-refractivity contribution in [2.24, 2.45) is 0 Å². The highest BCUT2D eigenvalue weighted by molar-refractivity contribution is 6.30. The molecule has 0 spiro atoms. The molecule has 0 aliphatic heterocycles. The summed E-state index contributed by atoms with van der Waals surface area (Å²) in [7, 11) is 0. The number of carboxylic acid groups (broad SMARTS) is 1. The molecule has 2 rings (SSSR count). The number of halogens is 1. The number of carbonyl (C=O) groups is 1. The number of carboxylic acids is 1. The third kappa shape index (κ3) is 2.82. The number of rotatable bonds is 3. The van der Waals surface area contributed by atoms with Crippen molar-refractivity contribution in [1.82, 2.24) is 4.98 Å². The third-order valence-corrected chi connectivity index (χ3v) is 2.69. The quantitative estimate of drug-likeness (QED) is 0.907. The normalized spacial score (nSPS) is 10.2. The highest BCUT2D eigenvalue weighted by Gasteiger charge is 2.09. The Morgan fingerprint density at radius 3 is 2.59 bits per heavy atom. The van der Waals surface area contributed by atoms with E-state index in [2.05, 4.69) is 4.98 Å². The van der Waals surface area contributed by atoms with Crippen molar-refractivity contribution >= 4 is 17.6 Å². The monoisotopic (exact) mass is 247 g/mol. The van der Waals surface area contributed by atoms with Gasteiger partial charge in [-0.1, -0.05) is 23.7 Å². The topological polar surface area (TPSA) is 50.2 Å². The first-order valence-electron chi connectivity index (χ1n) is 5.07. The summed E-state index contributed by atoms with van der Waals surface area (Å²) in [5.41, 5.74) is 1.99. The average Bonchev–Trinajstić information content (AvgIpc) is 2.32. The Hall–Kier alpha value is -1.87. The van der Waals surface area contributed by atoms with E-state index < -0.39 is 5.97 Å². The Balaban J connectivity index is 2.30. The summed E-state index contributed by atoms with van der Waals surface area (Å²) in [6.45, 7) is 0. The van der Waals surface area contributed by atoms with Crippen LogP contribution in [0.25, 0.3) is 0 Å². The van der Waals surface area contributed by atoms with Gasteiger partial charge in [0.1, 0.15) is 0 Å². The van der Waals surface area contributed by atoms with Gasteiger partial charge < -0.3 is 5.11 Å². The van der Waals surface area contributed by atoms with Crippen molar-refractivity contribution < 1.29 is 9.90 Å². The van der Waals surface area contributed by atoms with Crippen LogP contribution in [0.15, 0.2) is 42.7 Å². The van der Waals surface area contributed by atoms with E-state index in [1.54, 1.807) is 18.3 Å². The Bertz CT molecular complexity index is 537. The fraction of sp³-hybridized carbons (Fsp3) is 0.0769. The lowest BCUT2D eigenvalue weighted by Crippen LogP contribution is -2.03. The van der Waals surface area contributed by atoms with Crippen LogP contribution in [-0.2, 0) is 6.42 Å². The van der Waals surface area contributed by atoms with E-state index in [1.807, 2.05) is 12.1 Å². The highest BCUT2D eigenvalue weighted by Crippen LogP contribution is 2.15. The SMILES string of the molecule is O=C(O)c1ccncc1Cc1ccc(Cl)cc1. The second kappa shape index (κ2) is 4.97. The Morgan fingerprint density at radius 2 is 1.94 bits per heavy atom. The maximum Gasteiger partial charge on any atom is 0.336 e. The molecular weight excluding hydrogens is 238 g/mol. The molecule has 0 saturated carbocycles. The lowest BCUT2D eigenvalue weighted by Gasteiger charge is -2.05. The van der Waals surface area contributed by atoms with Crippen molar-refractivity contribution in [3.63, 3.8) is 0 Å². The van der Waals surface area contributed by atoms with Gasteiger partial charge in [-0.25, -0.2) is 4.79 Å². The minimum absolute atomic E-state index is 0.287. The molecule has 0 aliphatic carbocycles. The molecule has 0 saturated heterocycles. The number of aromatic carboxylic acids is 1. The molecule has 4 heteroatoms. The molecule has 86 valence electrons. The summed E-state index contributed by atoms with van der Waals surface area (Å²) in [4.78, 5) is 15.0. The zero-order chi connectivity index (χ0) is 12.3. The summed E-state index contributed by atoms with van der Waals surface area (Å²) in [5.74, 6) is -0.934. The third-order valence-electron chi connectivity index (χ3n) is 2.44. The number of hydrogen-bond acceptors (Lipinski definition) is 2. The Labute approximate surface area is 104 Å². The van der Waals surface area contributed by atoms with Gasteiger partial charge in [0.2, 0.25) is 0 Å². The van der Waals surface area contributed by atoms with Crippen LogP contribution in [0.4, 0.5) is 0 Å². The van der Waals surface area contributed by atoms with Crippen LogP contribution in [0, 0.1) is 0 Å². The van der Waals surface area contributed by atoms with Crippen LogP contribution in [0.5, 0.6) is 0 Å². The lowest BCUT2D eigenvalue weighted by molar-refractivity contribution is 0.0695. The zero-order valence-electron chi connectivity index (χ0n) is 8.93. The van der Waals surface area contributed by atoms with Crippen molar-refractivity contribution in [3.8, 4) is 0 Å². The lowest BCUT2D eigenvalue weighted by atomic mass is 10.0. The average molecular weight is 248 g/mol. The maximum atomic E-state index is 11.0. The summed E-state index contributed by atoms with van der Waals surface area (Å²) in [6.07, 6.45) is 3.60. The highest BCUT2D eigenvalue weighted by atomic mass is 35.5. The summed E-state index contributed by atoms with van der Waals surface area (Å²) >= 11 is 5.79. The van der Waals surface area contributed by atoms with Crippen molar-refractivity contribution in [2.75, 3.05) is 0 Å². The van der Waals surface area contributed by atoms with E-state index in [0.29, 0.717) is 17.0 Å². The van der Waals surface area contributed by atoms with Gasteiger partial charge in [0.15, 0.2) is 0 Å². The molecule has 1 heterocycles. The number of hydrogen-bond donors (Lipinski definition) is 1. The first-order chi connectivity index (χ1) is 8.16. The van der Waals surface area contributed by atoms with Gasteiger partial charge in [0.25, 0.3) is 0 Å². The Morgan fingerprint density at radius 1 is 1.24 bits per heavy atom. The second-order valence-corrected chi connectivity index (χ2v) is 4.08. The molecular formula is C13H10ClNO2. The number of aromatic nitrogens is 1. The molecule has 3 nitrogen and oxygen atoms in total. The second-order valence-electron chi connectivity index (χ2n) is 3.64. The molecule has 0 unspecified atom stereocenters. The van der Waals surface area contributed by atoms with E-state index in [9.17, 15) is 4.79 Å². The van der Waals surface area contributed by atoms with Crippen LogP contribution in [0.1, 0.15) is 21.5 Å². The summed E-state index contributed by atoms with van der Waals surface area (Å²) < 4.78 is 0. The van der Waals surface area contributed by atoms with E-state index >= 15 is 0 Å². The number of benzene rings is 1. The molecule has 0 radical (unpaired) electrons. The van der Waals surface area contributed by atoms with Gasteiger partial charge in [0, 0.05) is 17.4 Å². The molecule has 0 atom stereocenters. The first kappa shape index (κ1) is 11.6. The van der Waals surface area contributed by atoms with Crippen molar-refractivity contribution in [3.05, 3.63) is 64.4 Å². The minimum Gasteiger partial charge on any atom is -0.478 e. The van der Waals surface area contributed by atoms with Crippen molar-refractivity contribution in [2.45, 2.75) is 6.42 Å². The minimum atomic E-state index is -0.934.